The molecule has 0 atom stereocenters. The Morgan fingerprint density at radius 1 is 0.303 bits per heavy atom. The van der Waals surface area contributed by atoms with Crippen molar-refractivity contribution < 1.29 is 0 Å². The van der Waals surface area contributed by atoms with Crippen LogP contribution in [0.25, 0.3) is 20.9 Å². The molecule has 7 aromatic rings. The van der Waals surface area contributed by atoms with Gasteiger partial charge in [0.2, 0.25) is 0 Å². The average Bonchev–Trinajstić information content (AvgIpc) is 4.15. The topological polar surface area (TPSA) is 0 Å². The minimum atomic E-state index is -0.414. The summed E-state index contributed by atoms with van der Waals surface area (Å²) in [4.78, 5) is 2.85. The lowest BCUT2D eigenvalue weighted by Crippen LogP contribution is -2.30. The lowest BCUT2D eigenvalue weighted by molar-refractivity contribution is 0.666. The third kappa shape index (κ3) is 8.87. The van der Waals surface area contributed by atoms with E-state index in [9.17, 15) is 0 Å². The Labute approximate surface area is 407 Å². The van der Waals surface area contributed by atoms with Gasteiger partial charge in [-0.05, 0) is 164 Å². The summed E-state index contributed by atoms with van der Waals surface area (Å²) in [5.74, 6) is 0. The molecule has 0 saturated heterocycles. The standard InChI is InChI=1S/C64H74S2/c1-5-9-13-17-21-47-25-33-51(34-26-47)63(52-35-27-48(28-36-52)22-18-14-10-6-2)57-41-43-65-61(57)55-46-60-56(45-59(55)63)62-58(42-44-66-62)64(60,53-37-29-49(30-38-53)23-19-15-11-7-3)54-39-31-50(32-40-54)24-20-16-12-8-4/h25-46H,5-24H2,1-4H3. The maximum Gasteiger partial charge on any atom is 0.0722 e. The van der Waals surface area contributed by atoms with Crippen LogP contribution in [0, 0.1) is 0 Å². The van der Waals surface area contributed by atoms with E-state index in [1.807, 2.05) is 22.7 Å². The van der Waals surface area contributed by atoms with Gasteiger partial charge in [-0.1, -0.05) is 202 Å². The van der Waals surface area contributed by atoms with Gasteiger partial charge in [-0.3, -0.25) is 0 Å². The van der Waals surface area contributed by atoms with E-state index in [1.165, 1.54) is 190 Å². The molecule has 5 aromatic carbocycles. The highest BCUT2D eigenvalue weighted by Gasteiger charge is 2.52. The van der Waals surface area contributed by atoms with Gasteiger partial charge in [0.15, 0.2) is 0 Å². The van der Waals surface area contributed by atoms with Crippen LogP contribution in [-0.2, 0) is 36.5 Å². The van der Waals surface area contributed by atoms with E-state index in [2.05, 4.69) is 160 Å². The Hall–Kier alpha value is -4.50. The first-order chi connectivity index (χ1) is 32.6. The molecule has 0 nitrogen and oxygen atoms in total. The zero-order chi connectivity index (χ0) is 45.4. The van der Waals surface area contributed by atoms with Gasteiger partial charge in [0.25, 0.3) is 0 Å². The van der Waals surface area contributed by atoms with Gasteiger partial charge in [-0.2, -0.15) is 0 Å². The van der Waals surface area contributed by atoms with Crippen LogP contribution in [0.1, 0.15) is 197 Å². The highest BCUT2D eigenvalue weighted by Crippen LogP contribution is 2.64. The molecule has 9 rings (SSSR count). The van der Waals surface area contributed by atoms with Crippen molar-refractivity contribution in [1.82, 2.24) is 0 Å². The number of hydrogen-bond donors (Lipinski definition) is 0. The zero-order valence-electron chi connectivity index (χ0n) is 40.7. The summed E-state index contributed by atoms with van der Waals surface area (Å²) in [7, 11) is 0. The van der Waals surface area contributed by atoms with Crippen molar-refractivity contribution in [3.05, 3.63) is 199 Å². The fourth-order valence-electron chi connectivity index (χ4n) is 11.8. The van der Waals surface area contributed by atoms with E-state index < -0.39 is 10.8 Å². The van der Waals surface area contributed by atoms with Crippen molar-refractivity contribution in [2.24, 2.45) is 0 Å². The molecule has 2 heteroatoms. The third-order valence-electron chi connectivity index (χ3n) is 15.4. The monoisotopic (exact) mass is 907 g/mol. The largest absolute Gasteiger partial charge is 0.143 e. The summed E-state index contributed by atoms with van der Waals surface area (Å²) in [6.07, 6.45) is 25.2. The number of benzene rings is 5. The molecule has 2 heterocycles. The van der Waals surface area contributed by atoms with Gasteiger partial charge in [-0.25, -0.2) is 0 Å². The molecule has 0 spiro atoms. The Balaban J connectivity index is 1.21. The van der Waals surface area contributed by atoms with Crippen molar-refractivity contribution >= 4 is 22.7 Å². The molecule has 2 aliphatic carbocycles. The van der Waals surface area contributed by atoms with E-state index in [1.54, 1.807) is 0 Å². The van der Waals surface area contributed by atoms with Crippen LogP contribution in [0.2, 0.25) is 0 Å². The lowest BCUT2D eigenvalue weighted by Gasteiger charge is -2.35. The molecule has 0 saturated carbocycles. The van der Waals surface area contributed by atoms with Gasteiger partial charge in [0.05, 0.1) is 10.8 Å². The summed E-state index contributed by atoms with van der Waals surface area (Å²) >= 11 is 3.87. The minimum Gasteiger partial charge on any atom is -0.143 e. The molecule has 0 aliphatic heterocycles. The Kier molecular flexibility index (Phi) is 15.3. The molecule has 2 aliphatic rings. The van der Waals surface area contributed by atoms with Gasteiger partial charge < -0.3 is 0 Å². The molecule has 0 amide bonds. The SMILES string of the molecule is CCCCCCc1ccc(C2(c3ccc(CCCCCC)cc3)c3cc4c(cc3-c3sccc32)C(c2ccc(CCCCCC)cc2)(c2ccc(CCCCCC)cc2)c2ccsc2-4)cc1. The average molecular weight is 907 g/mol. The molecule has 66 heavy (non-hydrogen) atoms. The fraction of sp³-hybridized carbons (Fsp3) is 0.406. The van der Waals surface area contributed by atoms with Crippen molar-refractivity contribution in [1.29, 1.82) is 0 Å². The highest BCUT2D eigenvalue weighted by molar-refractivity contribution is 7.14. The van der Waals surface area contributed by atoms with E-state index in [-0.39, 0.29) is 0 Å². The van der Waals surface area contributed by atoms with Gasteiger partial charge in [-0.15, -0.1) is 22.7 Å². The number of unbranched alkanes of at least 4 members (excludes halogenated alkanes) is 12. The lowest BCUT2D eigenvalue weighted by atomic mass is 9.65. The number of aryl methyl sites for hydroxylation is 4. The minimum absolute atomic E-state index is 0.414. The summed E-state index contributed by atoms with van der Waals surface area (Å²) in [6.45, 7) is 9.22. The van der Waals surface area contributed by atoms with Crippen LogP contribution in [0.5, 0.6) is 0 Å². The second-order valence-electron chi connectivity index (χ2n) is 19.8. The van der Waals surface area contributed by atoms with Gasteiger partial charge in [0, 0.05) is 9.75 Å². The number of thiophene rings is 2. The molecular weight excluding hydrogens is 833 g/mol. The fourth-order valence-corrected chi connectivity index (χ4v) is 13.8. The number of fused-ring (bicyclic) bond motifs is 6. The van der Waals surface area contributed by atoms with Crippen molar-refractivity contribution in [2.75, 3.05) is 0 Å². The molecule has 0 unspecified atom stereocenters. The summed E-state index contributed by atoms with van der Waals surface area (Å²) in [6, 6.07) is 49.8. The summed E-state index contributed by atoms with van der Waals surface area (Å²) < 4.78 is 0. The quantitative estimate of drug-likeness (QED) is 0.0530. The Morgan fingerprint density at radius 2 is 0.576 bits per heavy atom. The predicted molar refractivity (Wildman–Crippen MR) is 288 cm³/mol. The van der Waals surface area contributed by atoms with Crippen LogP contribution < -0.4 is 0 Å². The molecular formula is C64H74S2. The summed E-state index contributed by atoms with van der Waals surface area (Å²) in [5, 5.41) is 4.73. The Bertz CT molecular complexity index is 2320. The van der Waals surface area contributed by atoms with E-state index in [0.717, 1.165) is 25.7 Å². The van der Waals surface area contributed by atoms with Crippen LogP contribution in [0.3, 0.4) is 0 Å². The molecule has 342 valence electrons. The van der Waals surface area contributed by atoms with Crippen LogP contribution >= 0.6 is 22.7 Å². The molecule has 0 N–H and O–H groups in total. The maximum atomic E-state index is 2.68. The third-order valence-corrected chi connectivity index (χ3v) is 17.3. The zero-order valence-corrected chi connectivity index (χ0v) is 42.3. The van der Waals surface area contributed by atoms with Crippen molar-refractivity contribution in [3.63, 3.8) is 0 Å². The van der Waals surface area contributed by atoms with Crippen LogP contribution in [0.4, 0.5) is 0 Å². The molecule has 0 radical (unpaired) electrons. The van der Waals surface area contributed by atoms with Gasteiger partial charge in [0.1, 0.15) is 0 Å². The normalized spacial score (nSPS) is 14.0. The van der Waals surface area contributed by atoms with E-state index in [4.69, 9.17) is 0 Å². The number of rotatable bonds is 24. The first-order valence-electron chi connectivity index (χ1n) is 26.3. The van der Waals surface area contributed by atoms with E-state index >= 15 is 0 Å². The number of hydrogen-bond acceptors (Lipinski definition) is 2. The highest BCUT2D eigenvalue weighted by atomic mass is 32.1. The van der Waals surface area contributed by atoms with Gasteiger partial charge >= 0.3 is 0 Å². The Morgan fingerprint density at radius 3 is 0.833 bits per heavy atom. The molecule has 0 fully saturated rings. The van der Waals surface area contributed by atoms with Crippen molar-refractivity contribution in [2.45, 2.75) is 167 Å². The summed E-state index contributed by atoms with van der Waals surface area (Å²) in [5.41, 5.74) is 19.1. The first kappa shape index (κ1) is 46.6. The van der Waals surface area contributed by atoms with E-state index in [0.29, 0.717) is 0 Å². The second kappa shape index (κ2) is 21.6. The first-order valence-corrected chi connectivity index (χ1v) is 28.1. The molecule has 2 aromatic heterocycles. The van der Waals surface area contributed by atoms with Crippen LogP contribution in [-0.4, -0.2) is 0 Å². The molecule has 0 bridgehead atoms. The maximum absolute atomic E-state index is 2.68. The van der Waals surface area contributed by atoms with Crippen molar-refractivity contribution in [3.8, 4) is 20.9 Å². The smallest absolute Gasteiger partial charge is 0.0722 e. The predicted octanol–water partition coefficient (Wildman–Crippen LogP) is 19.0. The second-order valence-corrected chi connectivity index (χ2v) is 21.6. The van der Waals surface area contributed by atoms with Crippen LogP contribution in [0.15, 0.2) is 132 Å².